The van der Waals surface area contributed by atoms with Crippen LogP contribution < -0.4 is 5.32 Å². The van der Waals surface area contributed by atoms with Gasteiger partial charge in [0.2, 0.25) is 5.91 Å². The zero-order valence-electron chi connectivity index (χ0n) is 10.5. The van der Waals surface area contributed by atoms with Crippen LogP contribution in [0.1, 0.15) is 21.5 Å². The molecule has 0 saturated carbocycles. The summed E-state index contributed by atoms with van der Waals surface area (Å²) < 4.78 is 26.9. The maximum Gasteiger partial charge on any atom is 0.228 e. The van der Waals surface area contributed by atoms with Crippen LogP contribution in [-0.2, 0) is 11.2 Å². The van der Waals surface area contributed by atoms with Crippen LogP contribution in [0.5, 0.6) is 0 Å². The Labute approximate surface area is 123 Å². The summed E-state index contributed by atoms with van der Waals surface area (Å²) in [6, 6.07) is 6.24. The van der Waals surface area contributed by atoms with Gasteiger partial charge in [0, 0.05) is 11.3 Å². The van der Waals surface area contributed by atoms with Crippen LogP contribution in [-0.4, -0.2) is 11.7 Å². The summed E-state index contributed by atoms with van der Waals surface area (Å²) in [6.07, 6.45) is 0.123. The Morgan fingerprint density at radius 3 is 2.71 bits per heavy atom. The fourth-order valence-corrected chi connectivity index (χ4v) is 2.50. The van der Waals surface area contributed by atoms with E-state index in [2.05, 4.69) is 5.32 Å². The van der Waals surface area contributed by atoms with Gasteiger partial charge in [0.05, 0.1) is 17.0 Å². The van der Waals surface area contributed by atoms with Crippen LogP contribution in [0, 0.1) is 11.6 Å². The van der Waals surface area contributed by atoms with Crippen molar-refractivity contribution in [1.29, 1.82) is 0 Å². The van der Waals surface area contributed by atoms with E-state index in [-0.39, 0.29) is 22.9 Å². The van der Waals surface area contributed by atoms with Crippen molar-refractivity contribution in [3.63, 3.8) is 0 Å². The van der Waals surface area contributed by atoms with E-state index < -0.39 is 23.0 Å². The van der Waals surface area contributed by atoms with Crippen LogP contribution >= 0.6 is 11.6 Å². The van der Waals surface area contributed by atoms with Gasteiger partial charge in [-0.25, -0.2) is 8.78 Å². The molecule has 1 amide bonds. The minimum absolute atomic E-state index is 0.0383. The maximum atomic E-state index is 13.7. The first-order valence-corrected chi connectivity index (χ1v) is 6.46. The fourth-order valence-electron chi connectivity index (χ4n) is 2.25. The van der Waals surface area contributed by atoms with E-state index in [0.717, 1.165) is 6.07 Å². The van der Waals surface area contributed by atoms with Crippen LogP contribution in [0.3, 0.4) is 0 Å². The van der Waals surface area contributed by atoms with Gasteiger partial charge in [-0.05, 0) is 29.8 Å². The highest BCUT2D eigenvalue weighted by molar-refractivity contribution is 6.35. The number of ketones is 1. The molecule has 1 aliphatic rings. The number of carbonyl (C=O) groups excluding carboxylic acids is 2. The number of fused-ring (bicyclic) bond motifs is 1. The predicted octanol–water partition coefficient (Wildman–Crippen LogP) is 3.34. The van der Waals surface area contributed by atoms with E-state index in [0.29, 0.717) is 11.3 Å². The number of benzene rings is 2. The van der Waals surface area contributed by atoms with Crippen molar-refractivity contribution >= 4 is 29.0 Å². The number of hydrogen-bond donors (Lipinski definition) is 1. The van der Waals surface area contributed by atoms with Gasteiger partial charge in [-0.2, -0.15) is 0 Å². The van der Waals surface area contributed by atoms with Gasteiger partial charge in [0.1, 0.15) is 0 Å². The first-order valence-electron chi connectivity index (χ1n) is 6.08. The van der Waals surface area contributed by atoms with Crippen molar-refractivity contribution in [1.82, 2.24) is 0 Å². The molecule has 0 unspecified atom stereocenters. The van der Waals surface area contributed by atoms with Crippen molar-refractivity contribution in [2.24, 2.45) is 0 Å². The normalized spacial score (nSPS) is 13.0. The highest BCUT2D eigenvalue weighted by Gasteiger charge is 2.24. The molecule has 3 nitrogen and oxygen atoms in total. The third kappa shape index (κ3) is 2.29. The molecule has 2 aromatic rings. The number of rotatable bonds is 2. The summed E-state index contributed by atoms with van der Waals surface area (Å²) in [4.78, 5) is 23.6. The van der Waals surface area contributed by atoms with E-state index in [1.807, 2.05) is 0 Å². The number of hydrogen-bond acceptors (Lipinski definition) is 2. The Morgan fingerprint density at radius 1 is 1.19 bits per heavy atom. The predicted molar refractivity (Wildman–Crippen MR) is 73.6 cm³/mol. The molecule has 1 aliphatic heterocycles. The molecule has 0 saturated heterocycles. The Bertz CT molecular complexity index is 789. The van der Waals surface area contributed by atoms with Crippen molar-refractivity contribution in [3.05, 3.63) is 63.7 Å². The van der Waals surface area contributed by atoms with E-state index >= 15 is 0 Å². The molecule has 1 N–H and O–H groups in total. The molecule has 0 radical (unpaired) electrons. The lowest BCUT2D eigenvalue weighted by molar-refractivity contribution is -0.115. The third-order valence-electron chi connectivity index (χ3n) is 3.26. The molecule has 2 aromatic carbocycles. The molecule has 0 spiro atoms. The quantitative estimate of drug-likeness (QED) is 0.865. The molecule has 21 heavy (non-hydrogen) atoms. The lowest BCUT2D eigenvalue weighted by Gasteiger charge is -2.08. The SMILES string of the molecule is O=C1Cc2cc(C(=O)c3cccc(F)c3F)c(Cl)cc2N1. The zero-order chi connectivity index (χ0) is 15.1. The van der Waals surface area contributed by atoms with Gasteiger partial charge < -0.3 is 5.32 Å². The van der Waals surface area contributed by atoms with Crippen molar-refractivity contribution in [2.45, 2.75) is 6.42 Å². The van der Waals surface area contributed by atoms with Gasteiger partial charge >= 0.3 is 0 Å². The number of halogens is 3. The van der Waals surface area contributed by atoms with Crippen LogP contribution in [0.25, 0.3) is 0 Å². The van der Waals surface area contributed by atoms with E-state index in [4.69, 9.17) is 11.6 Å². The molecule has 0 bridgehead atoms. The van der Waals surface area contributed by atoms with Gasteiger partial charge in [0.25, 0.3) is 0 Å². The second-order valence-electron chi connectivity index (χ2n) is 4.64. The third-order valence-corrected chi connectivity index (χ3v) is 3.57. The molecule has 6 heteroatoms. The molecule has 106 valence electrons. The smallest absolute Gasteiger partial charge is 0.228 e. The average Bonchev–Trinajstić information content (AvgIpc) is 2.79. The van der Waals surface area contributed by atoms with E-state index in [1.54, 1.807) is 0 Å². The van der Waals surface area contributed by atoms with Crippen LogP contribution in [0.15, 0.2) is 30.3 Å². The van der Waals surface area contributed by atoms with Crippen molar-refractivity contribution in [2.75, 3.05) is 5.32 Å². The van der Waals surface area contributed by atoms with Gasteiger partial charge in [0.15, 0.2) is 17.4 Å². The van der Waals surface area contributed by atoms with E-state index in [9.17, 15) is 18.4 Å². The summed E-state index contributed by atoms with van der Waals surface area (Å²) >= 11 is 6.00. The maximum absolute atomic E-state index is 13.7. The lowest BCUT2D eigenvalue weighted by Crippen LogP contribution is -2.07. The molecular formula is C15H8ClF2NO2. The summed E-state index contributed by atoms with van der Waals surface area (Å²) in [5.41, 5.74) is 0.774. The molecule has 3 rings (SSSR count). The number of nitrogens with one attached hydrogen (secondary N) is 1. The fraction of sp³-hybridized carbons (Fsp3) is 0.0667. The minimum atomic E-state index is -1.21. The second kappa shape index (κ2) is 4.93. The summed E-state index contributed by atoms with van der Waals surface area (Å²) in [6.45, 7) is 0. The van der Waals surface area contributed by atoms with Gasteiger partial charge in [-0.1, -0.05) is 17.7 Å². The molecule has 0 atom stereocenters. The number of carbonyl (C=O) groups is 2. The van der Waals surface area contributed by atoms with Gasteiger partial charge in [-0.15, -0.1) is 0 Å². The first kappa shape index (κ1) is 13.7. The average molecular weight is 308 g/mol. The monoisotopic (exact) mass is 307 g/mol. The molecule has 0 fully saturated rings. The molecule has 0 aromatic heterocycles. The van der Waals surface area contributed by atoms with Crippen LogP contribution in [0.4, 0.5) is 14.5 Å². The summed E-state index contributed by atoms with van der Waals surface area (Å²) in [7, 11) is 0. The zero-order valence-corrected chi connectivity index (χ0v) is 11.3. The lowest BCUT2D eigenvalue weighted by atomic mass is 9.99. The molecule has 1 heterocycles. The first-order chi connectivity index (χ1) is 9.97. The van der Waals surface area contributed by atoms with Crippen molar-refractivity contribution in [3.8, 4) is 0 Å². The van der Waals surface area contributed by atoms with Gasteiger partial charge in [-0.3, -0.25) is 9.59 Å². The summed E-state index contributed by atoms with van der Waals surface area (Å²) in [5, 5.41) is 2.67. The highest BCUT2D eigenvalue weighted by atomic mass is 35.5. The second-order valence-corrected chi connectivity index (χ2v) is 5.05. The molecular weight excluding hydrogens is 300 g/mol. The standard InChI is InChI=1S/C15H8ClF2NO2/c16-10-6-12-7(5-13(20)19-12)4-9(10)15(21)8-2-1-3-11(17)14(8)18/h1-4,6H,5H2,(H,19,20). The number of anilines is 1. The Hall–Kier alpha value is -2.27. The Kier molecular flexibility index (Phi) is 3.22. The highest BCUT2D eigenvalue weighted by Crippen LogP contribution is 2.31. The largest absolute Gasteiger partial charge is 0.325 e. The van der Waals surface area contributed by atoms with E-state index in [1.165, 1.54) is 24.3 Å². The Morgan fingerprint density at radius 2 is 1.95 bits per heavy atom. The Balaban J connectivity index is 2.09. The topological polar surface area (TPSA) is 46.2 Å². The summed E-state index contributed by atoms with van der Waals surface area (Å²) in [5.74, 6) is -3.25. The van der Waals surface area contributed by atoms with Crippen molar-refractivity contribution < 1.29 is 18.4 Å². The molecule has 0 aliphatic carbocycles. The number of amides is 1. The van der Waals surface area contributed by atoms with Crippen LogP contribution in [0.2, 0.25) is 5.02 Å². The minimum Gasteiger partial charge on any atom is -0.325 e.